The molecule has 11 heavy (non-hydrogen) atoms. The summed E-state index contributed by atoms with van der Waals surface area (Å²) >= 11 is 0. The predicted octanol–water partition coefficient (Wildman–Crippen LogP) is 1.66. The first-order chi connectivity index (χ1) is 5.17. The first-order valence-corrected chi connectivity index (χ1v) is 5.40. The number of hydrogen-bond acceptors (Lipinski definition) is 2. The van der Waals surface area contributed by atoms with Crippen molar-refractivity contribution in [3.63, 3.8) is 0 Å². The van der Waals surface area contributed by atoms with E-state index in [1.165, 1.54) is 0 Å². The third-order valence-electron chi connectivity index (χ3n) is 1.76. The lowest BCUT2D eigenvalue weighted by molar-refractivity contribution is 0.601. The zero-order valence-corrected chi connectivity index (χ0v) is 7.39. The van der Waals surface area contributed by atoms with Crippen LogP contribution in [0.3, 0.4) is 0 Å². The zero-order chi connectivity index (χ0) is 8.32. The minimum atomic E-state index is -2.91. The average molecular weight is 172 g/mol. The second-order valence-electron chi connectivity index (χ2n) is 2.50. The molecule has 3 heteroatoms. The van der Waals surface area contributed by atoms with Crippen molar-refractivity contribution < 1.29 is 8.42 Å². The molecule has 0 aromatic carbocycles. The van der Waals surface area contributed by atoms with E-state index >= 15 is 0 Å². The molecule has 2 nitrogen and oxygen atoms in total. The van der Waals surface area contributed by atoms with Gasteiger partial charge in [-0.05, 0) is 18.9 Å². The second-order valence-corrected chi connectivity index (χ2v) is 4.83. The quantitative estimate of drug-likeness (QED) is 0.634. The molecule has 0 unspecified atom stereocenters. The van der Waals surface area contributed by atoms with Crippen molar-refractivity contribution in [2.45, 2.75) is 19.8 Å². The summed E-state index contributed by atoms with van der Waals surface area (Å²) in [5, 5.41) is 0. The molecule has 0 aromatic rings. The second kappa shape index (κ2) is 3.22. The van der Waals surface area contributed by atoms with Crippen molar-refractivity contribution in [2.75, 3.05) is 5.75 Å². The van der Waals surface area contributed by atoms with E-state index in [0.29, 0.717) is 11.3 Å². The molecule has 0 amide bonds. The Kier molecular flexibility index (Phi) is 2.49. The van der Waals surface area contributed by atoms with E-state index in [0.717, 1.165) is 6.42 Å². The molecule has 0 saturated heterocycles. The summed E-state index contributed by atoms with van der Waals surface area (Å²) in [7, 11) is -2.91. The lowest BCUT2D eigenvalue weighted by Gasteiger charge is -2.07. The van der Waals surface area contributed by atoms with Gasteiger partial charge in [0, 0.05) is 4.91 Å². The van der Waals surface area contributed by atoms with E-state index in [4.69, 9.17) is 0 Å². The lowest BCUT2D eigenvalue weighted by atomic mass is 10.2. The molecule has 0 heterocycles. The molecule has 0 bridgehead atoms. The van der Waals surface area contributed by atoms with Gasteiger partial charge in [-0.3, -0.25) is 0 Å². The summed E-state index contributed by atoms with van der Waals surface area (Å²) in [6, 6.07) is 0. The van der Waals surface area contributed by atoms with E-state index in [2.05, 4.69) is 0 Å². The highest BCUT2D eigenvalue weighted by atomic mass is 32.2. The van der Waals surface area contributed by atoms with Gasteiger partial charge < -0.3 is 0 Å². The van der Waals surface area contributed by atoms with Crippen molar-refractivity contribution in [2.24, 2.45) is 0 Å². The van der Waals surface area contributed by atoms with Crippen LogP contribution in [-0.4, -0.2) is 14.2 Å². The molecule has 0 aromatic heterocycles. The van der Waals surface area contributed by atoms with Crippen LogP contribution in [0.5, 0.6) is 0 Å². The molecule has 62 valence electrons. The van der Waals surface area contributed by atoms with E-state index < -0.39 is 9.84 Å². The lowest BCUT2D eigenvalue weighted by Crippen LogP contribution is -2.07. The summed E-state index contributed by atoms with van der Waals surface area (Å²) in [4.78, 5) is 0.586. The van der Waals surface area contributed by atoms with Gasteiger partial charge in [0.05, 0.1) is 5.75 Å². The van der Waals surface area contributed by atoms with Crippen LogP contribution in [0.2, 0.25) is 0 Å². The SMILES string of the molecule is CCS(=O)(=O)C1=CC=CCC1. The fourth-order valence-electron chi connectivity index (χ4n) is 1.03. The van der Waals surface area contributed by atoms with Crippen LogP contribution < -0.4 is 0 Å². The van der Waals surface area contributed by atoms with Crippen molar-refractivity contribution in [3.8, 4) is 0 Å². The Hall–Kier alpha value is -0.570. The van der Waals surface area contributed by atoms with E-state index in [1.807, 2.05) is 12.2 Å². The third-order valence-corrected chi connectivity index (χ3v) is 3.65. The minimum absolute atomic E-state index is 0.215. The van der Waals surface area contributed by atoms with Gasteiger partial charge in [-0.1, -0.05) is 19.1 Å². The van der Waals surface area contributed by atoms with Gasteiger partial charge >= 0.3 is 0 Å². The Morgan fingerprint density at radius 1 is 1.55 bits per heavy atom. The highest BCUT2D eigenvalue weighted by Crippen LogP contribution is 2.18. The maximum atomic E-state index is 11.3. The first-order valence-electron chi connectivity index (χ1n) is 3.75. The number of sulfone groups is 1. The Labute approximate surface area is 67.5 Å². The van der Waals surface area contributed by atoms with Crippen LogP contribution in [0.25, 0.3) is 0 Å². The molecule has 0 fully saturated rings. The first kappa shape index (κ1) is 8.53. The van der Waals surface area contributed by atoms with Gasteiger partial charge in [-0.15, -0.1) is 0 Å². The molecule has 0 N–H and O–H groups in total. The van der Waals surface area contributed by atoms with Gasteiger partial charge in [-0.25, -0.2) is 8.42 Å². The van der Waals surface area contributed by atoms with Gasteiger partial charge in [0.2, 0.25) is 0 Å². The molecule has 1 aliphatic rings. The van der Waals surface area contributed by atoms with Crippen LogP contribution in [0.15, 0.2) is 23.1 Å². The van der Waals surface area contributed by atoms with Crippen LogP contribution in [0.1, 0.15) is 19.8 Å². The molecule has 0 radical (unpaired) electrons. The molecule has 0 atom stereocenters. The van der Waals surface area contributed by atoms with Gasteiger partial charge in [0.15, 0.2) is 9.84 Å². The van der Waals surface area contributed by atoms with Gasteiger partial charge in [0.25, 0.3) is 0 Å². The topological polar surface area (TPSA) is 34.1 Å². The fourth-order valence-corrected chi connectivity index (χ4v) is 2.11. The summed E-state index contributed by atoms with van der Waals surface area (Å²) < 4.78 is 22.5. The van der Waals surface area contributed by atoms with Crippen molar-refractivity contribution in [1.82, 2.24) is 0 Å². The Morgan fingerprint density at radius 3 is 2.73 bits per heavy atom. The monoisotopic (exact) mass is 172 g/mol. The Bertz CT molecular complexity index is 283. The average Bonchev–Trinajstić information content (AvgIpc) is 2.06. The number of hydrogen-bond donors (Lipinski definition) is 0. The highest BCUT2D eigenvalue weighted by molar-refractivity contribution is 7.95. The summed E-state index contributed by atoms with van der Waals surface area (Å²) in [6.07, 6.45) is 7.01. The molecular weight excluding hydrogens is 160 g/mol. The van der Waals surface area contributed by atoms with Gasteiger partial charge in [-0.2, -0.15) is 0 Å². The predicted molar refractivity (Wildman–Crippen MR) is 45.9 cm³/mol. The van der Waals surface area contributed by atoms with Gasteiger partial charge in [0.1, 0.15) is 0 Å². The smallest absolute Gasteiger partial charge is 0.174 e. The Morgan fingerprint density at radius 2 is 2.27 bits per heavy atom. The molecule has 1 aliphatic carbocycles. The van der Waals surface area contributed by atoms with E-state index in [9.17, 15) is 8.42 Å². The maximum absolute atomic E-state index is 11.3. The van der Waals surface area contributed by atoms with E-state index in [-0.39, 0.29) is 5.75 Å². The highest BCUT2D eigenvalue weighted by Gasteiger charge is 2.14. The summed E-state index contributed by atoms with van der Waals surface area (Å²) in [6.45, 7) is 1.68. The Balaban J connectivity index is 2.91. The van der Waals surface area contributed by atoms with Crippen LogP contribution in [0.4, 0.5) is 0 Å². The summed E-state index contributed by atoms with van der Waals surface area (Å²) in [5.74, 6) is 0.215. The number of allylic oxidation sites excluding steroid dienone is 4. The third kappa shape index (κ3) is 1.93. The standard InChI is InChI=1S/C8H12O2S/c1-2-11(9,10)8-6-4-3-5-7-8/h3-4,6H,2,5,7H2,1H3. The van der Waals surface area contributed by atoms with Crippen LogP contribution in [0, 0.1) is 0 Å². The largest absolute Gasteiger partial charge is 0.224 e. The van der Waals surface area contributed by atoms with Crippen molar-refractivity contribution in [1.29, 1.82) is 0 Å². The van der Waals surface area contributed by atoms with Crippen molar-refractivity contribution >= 4 is 9.84 Å². The number of rotatable bonds is 2. The normalized spacial score (nSPS) is 18.1. The summed E-state index contributed by atoms with van der Waals surface area (Å²) in [5.41, 5.74) is 0. The van der Waals surface area contributed by atoms with E-state index in [1.54, 1.807) is 13.0 Å². The fraction of sp³-hybridized carbons (Fsp3) is 0.500. The molecule has 1 rings (SSSR count). The van der Waals surface area contributed by atoms with Crippen LogP contribution in [-0.2, 0) is 9.84 Å². The zero-order valence-electron chi connectivity index (χ0n) is 6.58. The maximum Gasteiger partial charge on any atom is 0.174 e. The molecular formula is C8H12O2S. The van der Waals surface area contributed by atoms with Crippen LogP contribution >= 0.6 is 0 Å². The molecule has 0 aliphatic heterocycles. The molecule has 0 saturated carbocycles. The van der Waals surface area contributed by atoms with Crippen molar-refractivity contribution in [3.05, 3.63) is 23.1 Å². The molecule has 0 spiro atoms. The minimum Gasteiger partial charge on any atom is -0.224 e.